The summed E-state index contributed by atoms with van der Waals surface area (Å²) in [4.78, 5) is 31.3. The molecule has 1 atom stereocenters. The maximum Gasteiger partial charge on any atom is 0.245 e. The lowest BCUT2D eigenvalue weighted by molar-refractivity contribution is -0.132. The third-order valence-corrected chi connectivity index (χ3v) is 5.32. The highest BCUT2D eigenvalue weighted by Gasteiger charge is 2.28. The Morgan fingerprint density at radius 1 is 1.39 bits per heavy atom. The van der Waals surface area contributed by atoms with E-state index in [1.54, 1.807) is 12.0 Å². The Hall–Kier alpha value is -2.83. The number of hydrogen-bond donors (Lipinski definition) is 1. The second-order valence-corrected chi connectivity index (χ2v) is 7.20. The molecule has 28 heavy (non-hydrogen) atoms. The van der Waals surface area contributed by atoms with Gasteiger partial charge in [0.1, 0.15) is 11.9 Å². The fraction of sp³-hybridized carbons (Fsp3) is 0.476. The number of carbonyl (C=O) groups is 2. The summed E-state index contributed by atoms with van der Waals surface area (Å²) < 4.78 is 5.29. The molecule has 1 aromatic carbocycles. The van der Waals surface area contributed by atoms with Gasteiger partial charge >= 0.3 is 0 Å². The highest BCUT2D eigenvalue weighted by atomic mass is 16.6. The van der Waals surface area contributed by atoms with Crippen LogP contribution in [0.2, 0.25) is 0 Å². The average molecular weight is 385 g/mol. The zero-order valence-electron chi connectivity index (χ0n) is 16.4. The Morgan fingerprint density at radius 3 is 2.79 bits per heavy atom. The molecule has 1 aromatic rings. The van der Waals surface area contributed by atoms with E-state index in [0.29, 0.717) is 38.9 Å². The molecule has 1 fully saturated rings. The molecule has 0 radical (unpaired) electrons. The maximum atomic E-state index is 12.4. The standard InChI is InChI=1S/C21H27N3O4/c1-4-20(25)24-9-7-15(8-10-24)21(26)22-13-17-12-18(23-28-17)16-5-6-19(27-3)14(2)11-16/h4-6,11,15,17H,1,7-10,12-13H2,2-3H3,(H,22,26). The van der Waals surface area contributed by atoms with Crippen molar-refractivity contribution < 1.29 is 19.2 Å². The second kappa shape index (κ2) is 8.91. The smallest absolute Gasteiger partial charge is 0.245 e. The van der Waals surface area contributed by atoms with Crippen LogP contribution < -0.4 is 10.1 Å². The predicted octanol–water partition coefficient (Wildman–Crippen LogP) is 2.04. The van der Waals surface area contributed by atoms with Crippen LogP contribution in [-0.4, -0.2) is 55.3 Å². The van der Waals surface area contributed by atoms with Crippen LogP contribution in [0.15, 0.2) is 36.0 Å². The van der Waals surface area contributed by atoms with Gasteiger partial charge in [0.05, 0.1) is 19.4 Å². The van der Waals surface area contributed by atoms with Gasteiger partial charge in [-0.1, -0.05) is 11.7 Å². The van der Waals surface area contributed by atoms with Gasteiger partial charge in [-0.15, -0.1) is 0 Å². The van der Waals surface area contributed by atoms with Crippen LogP contribution in [0.3, 0.4) is 0 Å². The molecule has 0 bridgehead atoms. The van der Waals surface area contributed by atoms with Crippen molar-refractivity contribution in [1.29, 1.82) is 0 Å². The van der Waals surface area contributed by atoms with E-state index in [9.17, 15) is 9.59 Å². The number of hydrogen-bond acceptors (Lipinski definition) is 5. The molecule has 0 aromatic heterocycles. The van der Waals surface area contributed by atoms with Crippen LogP contribution in [0.5, 0.6) is 5.75 Å². The Balaban J connectivity index is 1.44. The summed E-state index contributed by atoms with van der Waals surface area (Å²) in [6.07, 6.45) is 3.15. The number of likely N-dealkylation sites (tertiary alicyclic amines) is 1. The highest BCUT2D eigenvalue weighted by molar-refractivity contribution is 6.01. The third-order valence-electron chi connectivity index (χ3n) is 5.32. The van der Waals surface area contributed by atoms with E-state index in [4.69, 9.17) is 9.57 Å². The summed E-state index contributed by atoms with van der Waals surface area (Å²) >= 11 is 0. The van der Waals surface area contributed by atoms with Gasteiger partial charge in [0.25, 0.3) is 0 Å². The summed E-state index contributed by atoms with van der Waals surface area (Å²) in [5, 5.41) is 7.16. The van der Waals surface area contributed by atoms with Crippen LogP contribution in [-0.2, 0) is 14.4 Å². The fourth-order valence-corrected chi connectivity index (χ4v) is 3.62. The van der Waals surface area contributed by atoms with Crippen molar-refractivity contribution >= 4 is 17.5 Å². The normalized spacial score (nSPS) is 19.6. The first-order chi connectivity index (χ1) is 13.5. The Bertz CT molecular complexity index is 782. The molecule has 2 heterocycles. The van der Waals surface area contributed by atoms with Crippen LogP contribution >= 0.6 is 0 Å². The van der Waals surface area contributed by atoms with Crippen molar-refractivity contribution in [2.45, 2.75) is 32.3 Å². The van der Waals surface area contributed by atoms with Crippen molar-refractivity contribution in [1.82, 2.24) is 10.2 Å². The van der Waals surface area contributed by atoms with E-state index in [2.05, 4.69) is 17.1 Å². The molecule has 2 amide bonds. The third kappa shape index (κ3) is 4.52. The molecular weight excluding hydrogens is 358 g/mol. The molecular formula is C21H27N3O4. The lowest BCUT2D eigenvalue weighted by Crippen LogP contribution is -2.43. The number of oxime groups is 1. The molecule has 2 aliphatic rings. The summed E-state index contributed by atoms with van der Waals surface area (Å²) in [6, 6.07) is 5.92. The summed E-state index contributed by atoms with van der Waals surface area (Å²) in [6.45, 7) is 7.10. The van der Waals surface area contributed by atoms with Gasteiger partial charge < -0.3 is 19.8 Å². The first-order valence-corrected chi connectivity index (χ1v) is 9.58. The number of carbonyl (C=O) groups excluding carboxylic acids is 2. The van der Waals surface area contributed by atoms with Gasteiger partial charge in [0, 0.05) is 25.4 Å². The number of nitrogens with one attached hydrogen (secondary N) is 1. The minimum atomic E-state index is -0.163. The van der Waals surface area contributed by atoms with E-state index in [0.717, 1.165) is 22.6 Å². The fourth-order valence-electron chi connectivity index (χ4n) is 3.62. The predicted molar refractivity (Wildman–Crippen MR) is 106 cm³/mol. The monoisotopic (exact) mass is 385 g/mol. The Labute approximate surface area is 165 Å². The number of aryl methyl sites for hydroxylation is 1. The number of nitrogens with zero attached hydrogens (tertiary/aromatic N) is 2. The summed E-state index contributed by atoms with van der Waals surface area (Å²) in [5.41, 5.74) is 2.92. The topological polar surface area (TPSA) is 80.2 Å². The molecule has 0 aliphatic carbocycles. The average Bonchev–Trinajstić information content (AvgIpc) is 3.20. The van der Waals surface area contributed by atoms with Crippen molar-refractivity contribution in [2.75, 3.05) is 26.7 Å². The number of amides is 2. The van der Waals surface area contributed by atoms with Gasteiger partial charge in [0.2, 0.25) is 11.8 Å². The lowest BCUT2D eigenvalue weighted by Gasteiger charge is -2.30. The highest BCUT2D eigenvalue weighted by Crippen LogP contribution is 2.23. The quantitative estimate of drug-likeness (QED) is 0.760. The SMILES string of the molecule is C=CC(=O)N1CCC(C(=O)NCC2CC(c3ccc(OC)c(C)c3)=NO2)CC1. The molecule has 3 rings (SSSR count). The van der Waals surface area contributed by atoms with Crippen LogP contribution in [0.25, 0.3) is 0 Å². The minimum absolute atomic E-state index is 0.0167. The Morgan fingerprint density at radius 2 is 2.14 bits per heavy atom. The molecule has 150 valence electrons. The van der Waals surface area contributed by atoms with E-state index in [1.165, 1.54) is 6.08 Å². The van der Waals surface area contributed by atoms with Crippen LogP contribution in [0.4, 0.5) is 0 Å². The van der Waals surface area contributed by atoms with Gasteiger partial charge in [-0.25, -0.2) is 0 Å². The number of ether oxygens (including phenoxy) is 1. The van der Waals surface area contributed by atoms with Crippen molar-refractivity contribution in [2.24, 2.45) is 11.1 Å². The molecule has 2 aliphatic heterocycles. The molecule has 0 saturated carbocycles. The van der Waals surface area contributed by atoms with Crippen LogP contribution in [0, 0.1) is 12.8 Å². The molecule has 1 N–H and O–H groups in total. The largest absolute Gasteiger partial charge is 0.496 e. The molecule has 7 heteroatoms. The van der Waals surface area contributed by atoms with Crippen LogP contribution in [0.1, 0.15) is 30.4 Å². The van der Waals surface area contributed by atoms with Crippen molar-refractivity contribution in [3.05, 3.63) is 42.0 Å². The van der Waals surface area contributed by atoms with E-state index < -0.39 is 0 Å². The van der Waals surface area contributed by atoms with E-state index >= 15 is 0 Å². The number of methoxy groups -OCH3 is 1. The molecule has 7 nitrogen and oxygen atoms in total. The Kier molecular flexibility index (Phi) is 6.34. The van der Waals surface area contributed by atoms with Gasteiger partial charge in [-0.2, -0.15) is 0 Å². The van der Waals surface area contributed by atoms with Gasteiger partial charge in [-0.05, 0) is 55.2 Å². The zero-order valence-corrected chi connectivity index (χ0v) is 16.4. The molecule has 0 spiro atoms. The van der Waals surface area contributed by atoms with Crippen molar-refractivity contribution in [3.8, 4) is 5.75 Å². The number of piperidine rings is 1. The second-order valence-electron chi connectivity index (χ2n) is 7.20. The number of benzene rings is 1. The van der Waals surface area contributed by atoms with E-state index in [-0.39, 0.29) is 23.8 Å². The zero-order chi connectivity index (χ0) is 20.1. The van der Waals surface area contributed by atoms with Gasteiger partial charge in [0.15, 0.2) is 0 Å². The minimum Gasteiger partial charge on any atom is -0.496 e. The molecule has 1 unspecified atom stereocenters. The summed E-state index contributed by atoms with van der Waals surface area (Å²) in [5.74, 6) is 0.715. The maximum absolute atomic E-state index is 12.4. The number of rotatable bonds is 6. The summed E-state index contributed by atoms with van der Waals surface area (Å²) in [7, 11) is 1.65. The first-order valence-electron chi connectivity index (χ1n) is 9.58. The lowest BCUT2D eigenvalue weighted by atomic mass is 9.95. The van der Waals surface area contributed by atoms with E-state index in [1.807, 2.05) is 25.1 Å². The van der Waals surface area contributed by atoms with Crippen molar-refractivity contribution in [3.63, 3.8) is 0 Å². The molecule has 1 saturated heterocycles. The van der Waals surface area contributed by atoms with Gasteiger partial charge in [-0.3, -0.25) is 9.59 Å². The first kappa shape index (κ1) is 19.9.